The first kappa shape index (κ1) is 16.9. The predicted octanol–water partition coefficient (Wildman–Crippen LogP) is 2.72. The second kappa shape index (κ2) is 11.0. The molecule has 0 rings (SSSR count). The van der Waals surface area contributed by atoms with Crippen molar-refractivity contribution >= 4 is 0 Å². The van der Waals surface area contributed by atoms with Crippen molar-refractivity contribution in [2.45, 2.75) is 78.0 Å². The summed E-state index contributed by atoms with van der Waals surface area (Å²) >= 11 is 0. The Balaban J connectivity index is 3.69. The smallest absolute Gasteiger partial charge is 0.0897 e. The molecule has 0 aliphatic rings. The highest BCUT2D eigenvalue weighted by molar-refractivity contribution is 4.69. The van der Waals surface area contributed by atoms with E-state index in [2.05, 4.69) is 19.2 Å². The van der Waals surface area contributed by atoms with Gasteiger partial charge in [0.15, 0.2) is 0 Å². The molecule has 0 spiro atoms. The maximum Gasteiger partial charge on any atom is 0.0897 e. The Morgan fingerprint density at radius 3 is 2.35 bits per heavy atom. The lowest BCUT2D eigenvalue weighted by atomic mass is 10.1. The summed E-state index contributed by atoms with van der Waals surface area (Å²) in [6.45, 7) is 9.47. The molecule has 0 saturated carbocycles. The van der Waals surface area contributed by atoms with E-state index in [0.717, 1.165) is 0 Å². The van der Waals surface area contributed by atoms with Gasteiger partial charge in [-0.15, -0.1) is 0 Å². The number of ether oxygens (including phenoxy) is 1. The van der Waals surface area contributed by atoms with Crippen LogP contribution in [0.15, 0.2) is 0 Å². The Bertz CT molecular complexity index is 162. The Hall–Kier alpha value is -0.120. The Labute approximate surface area is 107 Å². The molecule has 0 fully saturated rings. The lowest BCUT2D eigenvalue weighted by Crippen LogP contribution is -2.37. The molecule has 104 valence electrons. The van der Waals surface area contributed by atoms with E-state index in [1.807, 2.05) is 13.8 Å². The molecule has 0 aliphatic carbocycles. The Kier molecular flexibility index (Phi) is 10.9. The maximum absolute atomic E-state index is 9.75. The fraction of sp³-hybridized carbons (Fsp3) is 1.00. The van der Waals surface area contributed by atoms with Gasteiger partial charge in [-0.25, -0.2) is 0 Å². The van der Waals surface area contributed by atoms with Crippen LogP contribution in [0.25, 0.3) is 0 Å². The minimum absolute atomic E-state index is 0.191. The first-order valence-electron chi connectivity index (χ1n) is 7.13. The zero-order valence-electron chi connectivity index (χ0n) is 12.0. The number of nitrogens with one attached hydrogen (secondary N) is 1. The van der Waals surface area contributed by atoms with Crippen molar-refractivity contribution in [2.24, 2.45) is 0 Å². The van der Waals surface area contributed by atoms with Crippen LogP contribution in [-0.4, -0.2) is 36.5 Å². The zero-order chi connectivity index (χ0) is 13.1. The first-order chi connectivity index (χ1) is 8.10. The highest BCUT2D eigenvalue weighted by Gasteiger charge is 2.10. The van der Waals surface area contributed by atoms with Crippen LogP contribution in [0.4, 0.5) is 0 Å². The van der Waals surface area contributed by atoms with Crippen molar-refractivity contribution in [3.63, 3.8) is 0 Å². The normalized spacial score (nSPS) is 15.2. The average Bonchev–Trinajstić information content (AvgIpc) is 2.30. The summed E-state index contributed by atoms with van der Waals surface area (Å²) in [7, 11) is 0. The molecular formula is C14H31NO2. The SMILES string of the molecule is CCCCC(CCC)NCC(O)COC(C)C. The van der Waals surface area contributed by atoms with Crippen LogP contribution in [0.2, 0.25) is 0 Å². The fourth-order valence-electron chi connectivity index (χ4n) is 1.81. The molecule has 0 aliphatic heterocycles. The van der Waals surface area contributed by atoms with Crippen molar-refractivity contribution in [3.05, 3.63) is 0 Å². The third-order valence-electron chi connectivity index (χ3n) is 2.81. The molecular weight excluding hydrogens is 214 g/mol. The van der Waals surface area contributed by atoms with Gasteiger partial charge in [-0.05, 0) is 26.7 Å². The molecule has 0 heterocycles. The van der Waals surface area contributed by atoms with E-state index in [-0.39, 0.29) is 6.10 Å². The molecule has 0 saturated heterocycles. The lowest BCUT2D eigenvalue weighted by Gasteiger charge is -2.20. The largest absolute Gasteiger partial charge is 0.389 e. The fourth-order valence-corrected chi connectivity index (χ4v) is 1.81. The van der Waals surface area contributed by atoms with Crippen LogP contribution >= 0.6 is 0 Å². The number of hydrogen-bond donors (Lipinski definition) is 2. The number of hydrogen-bond acceptors (Lipinski definition) is 3. The molecule has 0 aromatic carbocycles. The molecule has 17 heavy (non-hydrogen) atoms. The quantitative estimate of drug-likeness (QED) is 0.588. The van der Waals surface area contributed by atoms with Crippen LogP contribution in [-0.2, 0) is 4.74 Å². The number of rotatable bonds is 11. The van der Waals surface area contributed by atoms with E-state index in [4.69, 9.17) is 4.74 Å². The van der Waals surface area contributed by atoms with Gasteiger partial charge in [-0.3, -0.25) is 0 Å². The van der Waals surface area contributed by atoms with Crippen molar-refractivity contribution in [2.75, 3.05) is 13.2 Å². The van der Waals surface area contributed by atoms with E-state index in [0.29, 0.717) is 19.2 Å². The standard InChI is InChI=1S/C14H31NO2/c1-5-7-9-13(8-6-2)15-10-14(16)11-17-12(3)4/h12-16H,5-11H2,1-4H3. The van der Waals surface area contributed by atoms with Crippen molar-refractivity contribution < 1.29 is 9.84 Å². The number of unbranched alkanes of at least 4 members (excludes halogenated alkanes) is 1. The van der Waals surface area contributed by atoms with Gasteiger partial charge < -0.3 is 15.2 Å². The summed E-state index contributed by atoms with van der Waals surface area (Å²) < 4.78 is 5.39. The molecule has 0 radical (unpaired) electrons. The molecule has 0 amide bonds. The highest BCUT2D eigenvalue weighted by atomic mass is 16.5. The second-order valence-electron chi connectivity index (χ2n) is 5.07. The van der Waals surface area contributed by atoms with Crippen LogP contribution in [0.3, 0.4) is 0 Å². The summed E-state index contributed by atoms with van der Waals surface area (Å²) in [5.41, 5.74) is 0. The maximum atomic E-state index is 9.75. The topological polar surface area (TPSA) is 41.5 Å². The van der Waals surface area contributed by atoms with Gasteiger partial charge in [0.1, 0.15) is 0 Å². The number of aliphatic hydroxyl groups excluding tert-OH is 1. The van der Waals surface area contributed by atoms with Crippen molar-refractivity contribution in [1.29, 1.82) is 0 Å². The zero-order valence-corrected chi connectivity index (χ0v) is 12.0. The second-order valence-corrected chi connectivity index (χ2v) is 5.07. The lowest BCUT2D eigenvalue weighted by molar-refractivity contribution is 0.00524. The highest BCUT2D eigenvalue weighted by Crippen LogP contribution is 2.06. The minimum Gasteiger partial charge on any atom is -0.389 e. The van der Waals surface area contributed by atoms with E-state index in [1.165, 1.54) is 32.1 Å². The van der Waals surface area contributed by atoms with Gasteiger partial charge >= 0.3 is 0 Å². The van der Waals surface area contributed by atoms with E-state index >= 15 is 0 Å². The average molecular weight is 245 g/mol. The molecule has 0 aromatic rings. The van der Waals surface area contributed by atoms with Crippen molar-refractivity contribution in [3.8, 4) is 0 Å². The molecule has 2 unspecified atom stereocenters. The van der Waals surface area contributed by atoms with Crippen LogP contribution in [0.1, 0.15) is 59.8 Å². The first-order valence-corrected chi connectivity index (χ1v) is 7.13. The van der Waals surface area contributed by atoms with Gasteiger partial charge in [0, 0.05) is 12.6 Å². The summed E-state index contributed by atoms with van der Waals surface area (Å²) in [6.07, 6.45) is 5.89. The molecule has 2 atom stereocenters. The van der Waals surface area contributed by atoms with Gasteiger partial charge in [-0.2, -0.15) is 0 Å². The molecule has 2 N–H and O–H groups in total. The van der Waals surface area contributed by atoms with Crippen LogP contribution in [0.5, 0.6) is 0 Å². The monoisotopic (exact) mass is 245 g/mol. The van der Waals surface area contributed by atoms with E-state index in [9.17, 15) is 5.11 Å². The van der Waals surface area contributed by atoms with Crippen molar-refractivity contribution in [1.82, 2.24) is 5.32 Å². The van der Waals surface area contributed by atoms with Gasteiger partial charge in [-0.1, -0.05) is 33.1 Å². The molecule has 0 bridgehead atoms. The molecule has 3 nitrogen and oxygen atoms in total. The van der Waals surface area contributed by atoms with Crippen LogP contribution < -0.4 is 5.32 Å². The third kappa shape index (κ3) is 10.7. The Morgan fingerprint density at radius 2 is 1.82 bits per heavy atom. The number of aliphatic hydroxyl groups is 1. The summed E-state index contributed by atoms with van der Waals surface area (Å²) in [5.74, 6) is 0. The predicted molar refractivity (Wildman–Crippen MR) is 73.3 cm³/mol. The summed E-state index contributed by atoms with van der Waals surface area (Å²) in [5, 5.41) is 13.2. The van der Waals surface area contributed by atoms with Crippen LogP contribution in [0, 0.1) is 0 Å². The summed E-state index contributed by atoms with van der Waals surface area (Å²) in [6, 6.07) is 0.550. The van der Waals surface area contributed by atoms with E-state index < -0.39 is 6.10 Å². The molecule has 3 heteroatoms. The van der Waals surface area contributed by atoms with Gasteiger partial charge in [0.25, 0.3) is 0 Å². The van der Waals surface area contributed by atoms with Gasteiger partial charge in [0.05, 0.1) is 18.8 Å². The Morgan fingerprint density at radius 1 is 1.12 bits per heavy atom. The molecule has 0 aromatic heterocycles. The third-order valence-corrected chi connectivity index (χ3v) is 2.81. The minimum atomic E-state index is -0.390. The van der Waals surface area contributed by atoms with Gasteiger partial charge in [0.2, 0.25) is 0 Å². The summed E-state index contributed by atoms with van der Waals surface area (Å²) in [4.78, 5) is 0. The van der Waals surface area contributed by atoms with E-state index in [1.54, 1.807) is 0 Å².